The molecule has 2 amide bonds. The molecule has 0 aromatic heterocycles. The number of hydrogen-bond acceptors (Lipinski definition) is 7. The molecule has 0 spiro atoms. The second kappa shape index (κ2) is 10.5. The fraction of sp³-hybridized carbons (Fsp3) is 0.619. The van der Waals surface area contributed by atoms with Gasteiger partial charge in [-0.15, -0.1) is 0 Å². The Morgan fingerprint density at radius 1 is 1.31 bits per heavy atom. The second-order valence-corrected chi connectivity index (χ2v) is 9.94. The molecule has 0 saturated carbocycles. The number of fused-ring (bicyclic) bond motifs is 2. The number of benzene rings is 1. The molecule has 2 heterocycles. The van der Waals surface area contributed by atoms with E-state index in [0.29, 0.717) is 43.0 Å². The molecule has 3 atom stereocenters. The summed E-state index contributed by atoms with van der Waals surface area (Å²) in [5.41, 5.74) is 0.606. The van der Waals surface area contributed by atoms with E-state index in [0.717, 1.165) is 0 Å². The summed E-state index contributed by atoms with van der Waals surface area (Å²) >= 11 is 0. The van der Waals surface area contributed by atoms with E-state index >= 15 is 0 Å². The van der Waals surface area contributed by atoms with Crippen molar-refractivity contribution < 1.29 is 32.2 Å². The summed E-state index contributed by atoms with van der Waals surface area (Å²) in [5, 5.41) is 2.79. The highest BCUT2D eigenvalue weighted by molar-refractivity contribution is 7.92. The molecule has 11 heteroatoms. The lowest BCUT2D eigenvalue weighted by Gasteiger charge is -2.42. The highest BCUT2D eigenvalue weighted by atomic mass is 32.2. The van der Waals surface area contributed by atoms with Gasteiger partial charge in [0.2, 0.25) is 15.9 Å². The Balaban J connectivity index is 1.71. The molecule has 0 unspecified atom stereocenters. The number of carbonyl (C=O) groups excluding carboxylic acids is 2. The minimum atomic E-state index is -3.46. The van der Waals surface area contributed by atoms with E-state index in [-0.39, 0.29) is 48.8 Å². The molecule has 10 nitrogen and oxygen atoms in total. The topological polar surface area (TPSA) is 123 Å². The zero-order valence-corrected chi connectivity index (χ0v) is 19.4. The van der Waals surface area contributed by atoms with Crippen LogP contribution in [0.1, 0.15) is 36.5 Å². The molecule has 1 aromatic carbocycles. The number of rotatable bonds is 8. The smallest absolute Gasteiger partial charge is 0.257 e. The molecule has 0 radical (unpaired) electrons. The van der Waals surface area contributed by atoms with Crippen LogP contribution < -0.4 is 14.8 Å². The van der Waals surface area contributed by atoms with Gasteiger partial charge >= 0.3 is 0 Å². The minimum absolute atomic E-state index is 0.0684. The third kappa shape index (κ3) is 5.90. The first-order chi connectivity index (χ1) is 15.2. The van der Waals surface area contributed by atoms with Gasteiger partial charge in [-0.1, -0.05) is 0 Å². The number of nitrogens with one attached hydrogen (secondary N) is 2. The molecule has 32 heavy (non-hydrogen) atoms. The predicted octanol–water partition coefficient (Wildman–Crippen LogP) is 0.982. The van der Waals surface area contributed by atoms with Gasteiger partial charge in [0.15, 0.2) is 0 Å². The molecular formula is C21H31N3O7S. The van der Waals surface area contributed by atoms with Crippen LogP contribution in [0.15, 0.2) is 18.2 Å². The largest absolute Gasteiger partial charge is 0.490 e. The summed E-state index contributed by atoms with van der Waals surface area (Å²) < 4.78 is 43.2. The van der Waals surface area contributed by atoms with Crippen molar-refractivity contribution in [1.29, 1.82) is 0 Å². The van der Waals surface area contributed by atoms with Crippen molar-refractivity contribution in [3.63, 3.8) is 0 Å². The van der Waals surface area contributed by atoms with Gasteiger partial charge in [-0.05, 0) is 38.0 Å². The van der Waals surface area contributed by atoms with E-state index in [1.807, 2.05) is 0 Å². The van der Waals surface area contributed by atoms with Crippen LogP contribution in [0.5, 0.6) is 5.75 Å². The Morgan fingerprint density at radius 3 is 2.81 bits per heavy atom. The normalized spacial score (nSPS) is 23.3. The van der Waals surface area contributed by atoms with E-state index in [1.165, 1.54) is 13.0 Å². The van der Waals surface area contributed by atoms with Crippen LogP contribution in [0.3, 0.4) is 0 Å². The predicted molar refractivity (Wildman–Crippen MR) is 118 cm³/mol. The molecule has 0 aliphatic carbocycles. The van der Waals surface area contributed by atoms with Gasteiger partial charge in [0.05, 0.1) is 36.5 Å². The third-order valence-corrected chi connectivity index (χ3v) is 7.01. The SMILES string of the molecule is CCS(=O)(=O)Nc1ccc2c(c1)C(=O)N(C)[C@@H]1CC[C@@H](CC(=O)NCCOC)O[C@H]1CO2. The maximum absolute atomic E-state index is 13.2. The van der Waals surface area contributed by atoms with Gasteiger partial charge in [-0.2, -0.15) is 0 Å². The van der Waals surface area contributed by atoms with E-state index in [1.54, 1.807) is 31.2 Å². The number of anilines is 1. The first-order valence-electron chi connectivity index (χ1n) is 10.7. The average molecular weight is 470 g/mol. The molecule has 1 saturated heterocycles. The van der Waals surface area contributed by atoms with Crippen molar-refractivity contribution >= 4 is 27.5 Å². The highest BCUT2D eigenvalue weighted by Crippen LogP contribution is 2.32. The molecular weight excluding hydrogens is 438 g/mol. The number of carbonyl (C=O) groups is 2. The lowest BCUT2D eigenvalue weighted by molar-refractivity contribution is -0.134. The molecule has 178 valence electrons. The Labute approximate surface area is 188 Å². The van der Waals surface area contributed by atoms with Crippen molar-refractivity contribution in [1.82, 2.24) is 10.2 Å². The van der Waals surface area contributed by atoms with E-state index in [4.69, 9.17) is 14.2 Å². The van der Waals surface area contributed by atoms with Crippen LogP contribution >= 0.6 is 0 Å². The van der Waals surface area contributed by atoms with E-state index in [9.17, 15) is 18.0 Å². The van der Waals surface area contributed by atoms with Gasteiger partial charge in [0, 0.05) is 26.4 Å². The van der Waals surface area contributed by atoms with Gasteiger partial charge in [-0.25, -0.2) is 8.42 Å². The zero-order valence-electron chi connectivity index (χ0n) is 18.6. The van der Waals surface area contributed by atoms with Crippen molar-refractivity contribution in [2.45, 2.75) is 44.4 Å². The van der Waals surface area contributed by atoms with Gasteiger partial charge in [0.1, 0.15) is 18.5 Å². The van der Waals surface area contributed by atoms with Crippen LogP contribution in [-0.4, -0.2) is 83.1 Å². The van der Waals surface area contributed by atoms with Gasteiger partial charge in [-0.3, -0.25) is 14.3 Å². The standard InChI is InChI=1S/C21H31N3O7S/c1-4-32(27,28)23-14-5-8-18-16(11-14)21(26)24(2)17-7-6-15(31-19(17)13-30-18)12-20(25)22-9-10-29-3/h5,8,11,15,17,19,23H,4,6-7,9-10,12-13H2,1-3H3,(H,22,25)/t15-,17+,19-/m0/s1. The number of methoxy groups -OCH3 is 1. The van der Waals surface area contributed by atoms with Crippen LogP contribution in [-0.2, 0) is 24.3 Å². The second-order valence-electron chi connectivity index (χ2n) is 7.93. The Bertz CT molecular complexity index is 937. The first kappa shape index (κ1) is 24.3. The molecule has 3 rings (SSSR count). The summed E-state index contributed by atoms with van der Waals surface area (Å²) in [5.74, 6) is -0.0790. The van der Waals surface area contributed by atoms with Gasteiger partial charge < -0.3 is 24.4 Å². The summed E-state index contributed by atoms with van der Waals surface area (Å²) in [6.45, 7) is 2.65. The fourth-order valence-electron chi connectivity index (χ4n) is 3.91. The lowest BCUT2D eigenvalue weighted by atomic mass is 9.94. The molecule has 0 bridgehead atoms. The Kier molecular flexibility index (Phi) is 7.96. The number of sulfonamides is 1. The van der Waals surface area contributed by atoms with Crippen molar-refractivity contribution in [2.24, 2.45) is 0 Å². The molecule has 1 fully saturated rings. The Hall–Kier alpha value is -2.37. The van der Waals surface area contributed by atoms with E-state index in [2.05, 4.69) is 10.0 Å². The number of ether oxygens (including phenoxy) is 3. The van der Waals surface area contributed by atoms with Crippen molar-refractivity contribution in [3.8, 4) is 5.75 Å². The van der Waals surface area contributed by atoms with Crippen molar-refractivity contribution in [3.05, 3.63) is 23.8 Å². The molecule has 2 N–H and O–H groups in total. The van der Waals surface area contributed by atoms with Crippen molar-refractivity contribution in [2.75, 3.05) is 44.4 Å². The first-order valence-corrected chi connectivity index (χ1v) is 12.3. The van der Waals surface area contributed by atoms with Gasteiger partial charge in [0.25, 0.3) is 5.91 Å². The molecule has 1 aromatic rings. The van der Waals surface area contributed by atoms with Crippen LogP contribution in [0.4, 0.5) is 5.69 Å². The minimum Gasteiger partial charge on any atom is -0.490 e. The third-order valence-electron chi connectivity index (χ3n) is 5.71. The van der Waals surface area contributed by atoms with Crippen LogP contribution in [0, 0.1) is 0 Å². The number of likely N-dealkylation sites (N-methyl/N-ethyl adjacent to an activating group) is 1. The Morgan fingerprint density at radius 2 is 2.09 bits per heavy atom. The number of nitrogens with zero attached hydrogens (tertiary/aromatic N) is 1. The summed E-state index contributed by atoms with van der Waals surface area (Å²) in [6.07, 6.45) is 0.919. The fourth-order valence-corrected chi connectivity index (χ4v) is 4.54. The average Bonchev–Trinajstić information content (AvgIpc) is 2.76. The maximum atomic E-state index is 13.2. The summed E-state index contributed by atoms with van der Waals surface area (Å²) in [6, 6.07) is 4.43. The summed E-state index contributed by atoms with van der Waals surface area (Å²) in [7, 11) is -0.182. The maximum Gasteiger partial charge on any atom is 0.257 e. The number of amides is 2. The monoisotopic (exact) mass is 469 g/mol. The highest BCUT2D eigenvalue weighted by Gasteiger charge is 2.39. The quantitative estimate of drug-likeness (QED) is 0.544. The van der Waals surface area contributed by atoms with E-state index < -0.39 is 10.0 Å². The molecule has 2 aliphatic rings. The molecule has 2 aliphatic heterocycles. The lowest BCUT2D eigenvalue weighted by Crippen LogP contribution is -2.54. The summed E-state index contributed by atoms with van der Waals surface area (Å²) in [4.78, 5) is 26.9. The zero-order chi connectivity index (χ0) is 23.3. The van der Waals surface area contributed by atoms with Crippen LogP contribution in [0.2, 0.25) is 0 Å². The number of hydrogen-bond donors (Lipinski definition) is 2. The van der Waals surface area contributed by atoms with Crippen LogP contribution in [0.25, 0.3) is 0 Å².